The van der Waals surface area contributed by atoms with Crippen LogP contribution in [-0.2, 0) is 25.5 Å². The summed E-state index contributed by atoms with van der Waals surface area (Å²) in [5.41, 5.74) is 3.23. The summed E-state index contributed by atoms with van der Waals surface area (Å²) in [4.78, 5) is 17.8. The molecule has 28 heavy (non-hydrogen) atoms. The normalized spacial score (nSPS) is 13.9. The van der Waals surface area contributed by atoms with E-state index in [1.165, 1.54) is 4.57 Å². The van der Waals surface area contributed by atoms with Gasteiger partial charge in [-0.3, -0.25) is 14.0 Å². The van der Waals surface area contributed by atoms with E-state index in [1.54, 1.807) is 24.9 Å². The van der Waals surface area contributed by atoms with Crippen molar-refractivity contribution in [1.29, 1.82) is 0 Å². The number of benzene rings is 1. The molecule has 3 rings (SSSR count). The molecule has 148 valence electrons. The fourth-order valence-electron chi connectivity index (χ4n) is 2.87. The minimum Gasteiger partial charge on any atom is -0.591 e. The molecule has 0 saturated carbocycles. The molecule has 0 radical (unpaired) electrons. The summed E-state index contributed by atoms with van der Waals surface area (Å²) in [5.74, 6) is 0.480. The molecule has 0 N–H and O–H groups in total. The molecule has 0 saturated heterocycles. The first-order valence-corrected chi connectivity index (χ1v) is 10.1. The van der Waals surface area contributed by atoms with Gasteiger partial charge >= 0.3 is 0 Å². The summed E-state index contributed by atoms with van der Waals surface area (Å²) in [6.45, 7) is 9.35. The Bertz CT molecular complexity index is 1140. The van der Waals surface area contributed by atoms with Crippen molar-refractivity contribution in [2.24, 2.45) is 18.5 Å². The second-order valence-corrected chi connectivity index (χ2v) is 9.83. The van der Waals surface area contributed by atoms with Crippen LogP contribution in [0.3, 0.4) is 0 Å². The van der Waals surface area contributed by atoms with Gasteiger partial charge in [-0.05, 0) is 58.4 Å². The zero-order valence-electron chi connectivity index (χ0n) is 17.3. The highest BCUT2D eigenvalue weighted by Crippen LogP contribution is 2.24. The topological polar surface area (TPSA) is 88.1 Å². The first kappa shape index (κ1) is 20.3. The third-order valence-corrected chi connectivity index (χ3v) is 5.89. The van der Waals surface area contributed by atoms with Crippen LogP contribution in [0.15, 0.2) is 33.6 Å². The second-order valence-electron chi connectivity index (χ2n) is 7.92. The maximum absolute atomic E-state index is 13.0. The molecule has 3 aromatic rings. The summed E-state index contributed by atoms with van der Waals surface area (Å²) < 4.78 is 19.6. The number of aromatic nitrogens is 4. The summed E-state index contributed by atoms with van der Waals surface area (Å²) in [6.07, 6.45) is 1.81. The van der Waals surface area contributed by atoms with E-state index in [-0.39, 0.29) is 5.56 Å². The lowest BCUT2D eigenvalue weighted by Crippen LogP contribution is -2.27. The van der Waals surface area contributed by atoms with Gasteiger partial charge in [0.1, 0.15) is 21.8 Å². The Morgan fingerprint density at radius 2 is 1.93 bits per heavy atom. The molecule has 0 aliphatic heterocycles. The molecule has 0 spiro atoms. The fourth-order valence-corrected chi connectivity index (χ4v) is 3.49. The van der Waals surface area contributed by atoms with Gasteiger partial charge in [-0.15, -0.1) is 0 Å². The lowest BCUT2D eigenvalue weighted by Gasteiger charge is -2.19. The Labute approximate surface area is 167 Å². The van der Waals surface area contributed by atoms with Gasteiger partial charge in [0.05, 0.1) is 16.6 Å². The van der Waals surface area contributed by atoms with E-state index < -0.39 is 16.1 Å². The highest BCUT2D eigenvalue weighted by molar-refractivity contribution is 7.91. The third kappa shape index (κ3) is 3.74. The molecule has 0 fully saturated rings. The lowest BCUT2D eigenvalue weighted by atomic mass is 10.0. The minimum atomic E-state index is -1.40. The Morgan fingerprint density at radius 1 is 1.25 bits per heavy atom. The Kier molecular flexibility index (Phi) is 5.20. The summed E-state index contributed by atoms with van der Waals surface area (Å²) in [5, 5.41) is 4.89. The SMILES string of the molecule is CC(=N[S+]([O-])C(C)(C)C)c1cc(C)cc2c(=O)n(C)c(-c3ccn(C)n3)nc12. The van der Waals surface area contributed by atoms with Crippen LogP contribution in [0, 0.1) is 6.92 Å². The highest BCUT2D eigenvalue weighted by atomic mass is 32.2. The van der Waals surface area contributed by atoms with Crippen molar-refractivity contribution in [3.8, 4) is 11.5 Å². The molecule has 8 heteroatoms. The van der Waals surface area contributed by atoms with Gasteiger partial charge in [0.2, 0.25) is 0 Å². The van der Waals surface area contributed by atoms with Crippen LogP contribution in [0.4, 0.5) is 0 Å². The number of aryl methyl sites for hydroxylation is 2. The first-order chi connectivity index (χ1) is 13.0. The molecule has 1 unspecified atom stereocenters. The maximum atomic E-state index is 13.0. The minimum absolute atomic E-state index is 0.152. The van der Waals surface area contributed by atoms with Crippen molar-refractivity contribution in [2.45, 2.75) is 39.4 Å². The number of hydrogen-bond donors (Lipinski definition) is 0. The molecule has 1 atom stereocenters. The predicted molar refractivity (Wildman–Crippen MR) is 114 cm³/mol. The van der Waals surface area contributed by atoms with E-state index in [2.05, 4.69) is 9.50 Å². The van der Waals surface area contributed by atoms with E-state index in [0.717, 1.165) is 5.56 Å². The van der Waals surface area contributed by atoms with Crippen LogP contribution in [-0.4, -0.2) is 34.3 Å². The van der Waals surface area contributed by atoms with Gasteiger partial charge in [0, 0.05) is 25.9 Å². The number of nitrogens with zero attached hydrogens (tertiary/aromatic N) is 5. The summed E-state index contributed by atoms with van der Waals surface area (Å²) in [6, 6.07) is 5.57. The largest absolute Gasteiger partial charge is 0.591 e. The van der Waals surface area contributed by atoms with Gasteiger partial charge in [0.25, 0.3) is 5.56 Å². The summed E-state index contributed by atoms with van der Waals surface area (Å²) >= 11 is -1.40. The van der Waals surface area contributed by atoms with E-state index >= 15 is 0 Å². The monoisotopic (exact) mass is 399 g/mol. The number of fused-ring (bicyclic) bond motifs is 1. The standard InChI is InChI=1S/C20H25N5O2S/c1-12-10-14(13(2)23-28(27)20(3,4)5)17-15(11-12)19(26)25(7)18(21-17)16-8-9-24(6)22-16/h8-11H,1-7H3. The van der Waals surface area contributed by atoms with Crippen LogP contribution in [0.5, 0.6) is 0 Å². The van der Waals surface area contributed by atoms with Gasteiger partial charge in [-0.2, -0.15) is 5.10 Å². The van der Waals surface area contributed by atoms with Crippen molar-refractivity contribution in [2.75, 3.05) is 0 Å². The average Bonchev–Trinajstić information content (AvgIpc) is 3.03. The van der Waals surface area contributed by atoms with Crippen LogP contribution >= 0.6 is 0 Å². The molecule has 1 aromatic carbocycles. The molecular formula is C20H25N5O2S. The maximum Gasteiger partial charge on any atom is 0.261 e. The zero-order chi connectivity index (χ0) is 20.8. The molecule has 0 bridgehead atoms. The summed E-state index contributed by atoms with van der Waals surface area (Å²) in [7, 11) is 3.51. The van der Waals surface area contributed by atoms with Gasteiger partial charge in [0.15, 0.2) is 5.82 Å². The van der Waals surface area contributed by atoms with Crippen LogP contribution in [0.1, 0.15) is 38.8 Å². The number of rotatable bonds is 3. The van der Waals surface area contributed by atoms with Crippen LogP contribution in [0.25, 0.3) is 22.4 Å². The molecular weight excluding hydrogens is 374 g/mol. The molecule has 7 nitrogen and oxygen atoms in total. The van der Waals surface area contributed by atoms with Crippen molar-refractivity contribution in [3.63, 3.8) is 0 Å². The van der Waals surface area contributed by atoms with Crippen molar-refractivity contribution in [1.82, 2.24) is 19.3 Å². The molecule has 0 amide bonds. The molecule has 2 heterocycles. The average molecular weight is 400 g/mol. The van der Waals surface area contributed by atoms with Crippen molar-refractivity contribution >= 4 is 28.0 Å². The molecule has 0 aliphatic carbocycles. The number of hydrogen-bond acceptors (Lipinski definition) is 5. The van der Waals surface area contributed by atoms with Crippen LogP contribution in [0.2, 0.25) is 0 Å². The first-order valence-electron chi connectivity index (χ1n) is 8.98. The molecule has 2 aromatic heterocycles. The van der Waals surface area contributed by atoms with E-state index in [1.807, 2.05) is 52.9 Å². The van der Waals surface area contributed by atoms with Crippen molar-refractivity contribution in [3.05, 3.63) is 45.9 Å². The highest BCUT2D eigenvalue weighted by Gasteiger charge is 2.27. The van der Waals surface area contributed by atoms with E-state index in [4.69, 9.17) is 4.98 Å². The van der Waals surface area contributed by atoms with Gasteiger partial charge in [-0.1, -0.05) is 4.40 Å². The van der Waals surface area contributed by atoms with Crippen LogP contribution < -0.4 is 5.56 Å². The van der Waals surface area contributed by atoms with E-state index in [0.29, 0.717) is 33.7 Å². The fraction of sp³-hybridized carbons (Fsp3) is 0.400. The lowest BCUT2D eigenvalue weighted by molar-refractivity contribution is 0.561. The zero-order valence-corrected chi connectivity index (χ0v) is 18.1. The predicted octanol–water partition coefficient (Wildman–Crippen LogP) is 2.91. The molecule has 0 aliphatic rings. The van der Waals surface area contributed by atoms with Gasteiger partial charge < -0.3 is 4.55 Å². The van der Waals surface area contributed by atoms with Crippen molar-refractivity contribution < 1.29 is 4.55 Å². The third-order valence-electron chi connectivity index (χ3n) is 4.40. The quantitative estimate of drug-likeness (QED) is 0.500. The van der Waals surface area contributed by atoms with Gasteiger partial charge in [-0.25, -0.2) is 4.98 Å². The Balaban J connectivity index is 2.31. The Morgan fingerprint density at radius 3 is 2.50 bits per heavy atom. The second kappa shape index (κ2) is 7.18. The van der Waals surface area contributed by atoms with E-state index in [9.17, 15) is 9.35 Å². The Hall–Kier alpha value is -2.45. The smallest absolute Gasteiger partial charge is 0.261 e.